The minimum absolute atomic E-state index is 0.108. The first-order valence-electron chi connectivity index (χ1n) is 10.6. The normalized spacial score (nSPS) is 12.1. The van der Waals surface area contributed by atoms with Gasteiger partial charge < -0.3 is 10.4 Å². The van der Waals surface area contributed by atoms with Crippen LogP contribution >= 0.6 is 0 Å². The van der Waals surface area contributed by atoms with Crippen molar-refractivity contribution >= 4 is 34.2 Å². The summed E-state index contributed by atoms with van der Waals surface area (Å²) in [5, 5.41) is 12.9. The minimum atomic E-state index is -4.43. The molecule has 3 N–H and O–H groups in total. The number of hydrogen-bond donors (Lipinski definition) is 3. The van der Waals surface area contributed by atoms with Gasteiger partial charge in [-0.15, -0.1) is 0 Å². The summed E-state index contributed by atoms with van der Waals surface area (Å²) in [7, 11) is 0. The van der Waals surface area contributed by atoms with E-state index in [-0.39, 0.29) is 28.4 Å². The third-order valence-electron chi connectivity index (χ3n) is 5.36. The number of halogens is 4. The molecule has 0 spiro atoms. The molecule has 1 amide bonds. The van der Waals surface area contributed by atoms with E-state index in [1.807, 2.05) is 0 Å². The van der Waals surface area contributed by atoms with Crippen molar-refractivity contribution in [3.8, 4) is 16.9 Å². The van der Waals surface area contributed by atoms with Crippen LogP contribution < -0.4 is 9.62 Å². The van der Waals surface area contributed by atoms with Gasteiger partial charge in [-0.1, -0.05) is 24.3 Å². The standard InChI is InChI=1S/C26H18F4N2O4S/c27-20-9-12-22(13-10-20)32(37(35)36)23-15-21(11-14-24(23)33)31-25(34)18-3-1-16(2-4-18)17-5-7-19(8-6-17)26(28,29)30/h1-15,33H,(H,31,34)(H,35,36). The molecule has 11 heteroatoms. The number of hydrogen-bond acceptors (Lipinski definition) is 3. The molecular formula is C26H18F4N2O4S. The van der Waals surface area contributed by atoms with Gasteiger partial charge in [0.15, 0.2) is 0 Å². The van der Waals surface area contributed by atoms with Crippen LogP contribution in [0.5, 0.6) is 5.75 Å². The monoisotopic (exact) mass is 530 g/mol. The van der Waals surface area contributed by atoms with Crippen LogP contribution in [-0.2, 0) is 17.4 Å². The number of benzene rings is 4. The van der Waals surface area contributed by atoms with Crippen molar-refractivity contribution < 1.29 is 36.2 Å². The summed E-state index contributed by atoms with van der Waals surface area (Å²) in [5.74, 6) is -1.44. The number of aromatic hydroxyl groups is 1. The highest BCUT2D eigenvalue weighted by molar-refractivity contribution is 7.81. The molecule has 6 nitrogen and oxygen atoms in total. The van der Waals surface area contributed by atoms with Gasteiger partial charge in [-0.25, -0.2) is 12.9 Å². The molecular weight excluding hydrogens is 512 g/mol. The number of rotatable bonds is 6. The SMILES string of the molecule is O=C(Nc1ccc(O)c(N(c2ccc(F)cc2)S(=O)O)c1)c1ccc(-c2ccc(C(F)(F)F)cc2)cc1. The van der Waals surface area contributed by atoms with Gasteiger partial charge >= 0.3 is 6.18 Å². The van der Waals surface area contributed by atoms with E-state index in [1.165, 1.54) is 54.6 Å². The van der Waals surface area contributed by atoms with Crippen molar-refractivity contribution in [3.05, 3.63) is 108 Å². The highest BCUT2D eigenvalue weighted by Crippen LogP contribution is 2.36. The quantitative estimate of drug-likeness (QED) is 0.146. The fourth-order valence-corrected chi connectivity index (χ4v) is 4.14. The van der Waals surface area contributed by atoms with Gasteiger partial charge in [0.05, 0.1) is 11.3 Å². The zero-order valence-electron chi connectivity index (χ0n) is 18.7. The van der Waals surface area contributed by atoms with Crippen LogP contribution in [0.3, 0.4) is 0 Å². The topological polar surface area (TPSA) is 89.9 Å². The molecule has 4 rings (SSSR count). The van der Waals surface area contributed by atoms with E-state index in [0.29, 0.717) is 11.1 Å². The van der Waals surface area contributed by atoms with Gasteiger partial charge in [-0.2, -0.15) is 13.2 Å². The van der Waals surface area contributed by atoms with Crippen LogP contribution in [0.15, 0.2) is 91.0 Å². The van der Waals surface area contributed by atoms with E-state index in [9.17, 15) is 36.2 Å². The smallest absolute Gasteiger partial charge is 0.416 e. The fourth-order valence-electron chi connectivity index (χ4n) is 3.52. The Morgan fingerprint density at radius 1 is 0.838 bits per heavy atom. The third kappa shape index (κ3) is 5.96. The number of alkyl halides is 3. The number of nitrogens with zero attached hydrogens (tertiary/aromatic N) is 1. The molecule has 0 aliphatic rings. The Labute approximate surface area is 211 Å². The summed E-state index contributed by atoms with van der Waals surface area (Å²) in [5.41, 5.74) is 0.846. The first-order valence-corrected chi connectivity index (χ1v) is 11.7. The first kappa shape index (κ1) is 25.9. The number of anilines is 3. The highest BCUT2D eigenvalue weighted by Gasteiger charge is 2.30. The van der Waals surface area contributed by atoms with Crippen molar-refractivity contribution in [1.29, 1.82) is 0 Å². The molecule has 1 unspecified atom stereocenters. The Bertz CT molecular complexity index is 1440. The second-order valence-corrected chi connectivity index (χ2v) is 8.64. The van der Waals surface area contributed by atoms with Crippen molar-refractivity contribution in [2.75, 3.05) is 9.62 Å². The molecule has 0 aromatic heterocycles. The summed E-state index contributed by atoms with van der Waals surface area (Å²) in [4.78, 5) is 12.8. The van der Waals surface area contributed by atoms with Crippen LogP contribution in [0.1, 0.15) is 15.9 Å². The summed E-state index contributed by atoms with van der Waals surface area (Å²) in [6.07, 6.45) is -4.43. The van der Waals surface area contributed by atoms with E-state index in [4.69, 9.17) is 0 Å². The van der Waals surface area contributed by atoms with Crippen LogP contribution in [0.4, 0.5) is 34.6 Å². The molecule has 0 saturated carbocycles. The van der Waals surface area contributed by atoms with Crippen LogP contribution in [-0.4, -0.2) is 19.8 Å². The largest absolute Gasteiger partial charge is 0.506 e. The number of carbonyl (C=O) groups excluding carboxylic acids is 1. The average molecular weight is 530 g/mol. The number of carbonyl (C=O) groups is 1. The van der Waals surface area contributed by atoms with Gasteiger partial charge in [0.25, 0.3) is 17.2 Å². The van der Waals surface area contributed by atoms with Crippen molar-refractivity contribution in [3.63, 3.8) is 0 Å². The Balaban J connectivity index is 1.53. The van der Waals surface area contributed by atoms with E-state index in [2.05, 4.69) is 5.32 Å². The Morgan fingerprint density at radius 2 is 1.41 bits per heavy atom. The zero-order valence-corrected chi connectivity index (χ0v) is 19.6. The van der Waals surface area contributed by atoms with Crippen LogP contribution in [0, 0.1) is 5.82 Å². The van der Waals surface area contributed by atoms with Gasteiger partial charge in [0.1, 0.15) is 17.3 Å². The lowest BCUT2D eigenvalue weighted by Gasteiger charge is -2.21. The highest BCUT2D eigenvalue weighted by atomic mass is 32.2. The third-order valence-corrected chi connectivity index (χ3v) is 6.08. The lowest BCUT2D eigenvalue weighted by molar-refractivity contribution is -0.137. The van der Waals surface area contributed by atoms with E-state index < -0.39 is 34.7 Å². The Hall–Kier alpha value is -4.22. The van der Waals surface area contributed by atoms with E-state index in [1.54, 1.807) is 12.1 Å². The Kier molecular flexibility index (Phi) is 7.28. The van der Waals surface area contributed by atoms with E-state index in [0.717, 1.165) is 28.6 Å². The number of amides is 1. The van der Waals surface area contributed by atoms with Crippen molar-refractivity contribution in [2.24, 2.45) is 0 Å². The maximum atomic E-state index is 13.3. The number of nitrogens with one attached hydrogen (secondary N) is 1. The number of phenolic OH excluding ortho intramolecular Hbond substituents is 1. The molecule has 4 aromatic carbocycles. The van der Waals surface area contributed by atoms with Crippen LogP contribution in [0.25, 0.3) is 11.1 Å². The molecule has 0 heterocycles. The summed E-state index contributed by atoms with van der Waals surface area (Å²) >= 11 is -2.63. The molecule has 37 heavy (non-hydrogen) atoms. The molecule has 0 saturated heterocycles. The molecule has 0 aliphatic heterocycles. The molecule has 0 radical (unpaired) electrons. The lowest BCUT2D eigenvalue weighted by atomic mass is 10.0. The van der Waals surface area contributed by atoms with Gasteiger partial charge in [0.2, 0.25) is 0 Å². The van der Waals surface area contributed by atoms with Crippen molar-refractivity contribution in [2.45, 2.75) is 6.18 Å². The predicted molar refractivity (Wildman–Crippen MR) is 132 cm³/mol. The average Bonchev–Trinajstić information content (AvgIpc) is 2.86. The summed E-state index contributed by atoms with van der Waals surface area (Å²) in [6, 6.07) is 19.4. The fraction of sp³-hybridized carbons (Fsp3) is 0.0385. The predicted octanol–water partition coefficient (Wildman–Crippen LogP) is 6.74. The van der Waals surface area contributed by atoms with Gasteiger partial charge in [-0.05, 0) is 77.9 Å². The second-order valence-electron chi connectivity index (χ2n) is 7.81. The second kappa shape index (κ2) is 10.4. The molecule has 1 atom stereocenters. The first-order chi connectivity index (χ1) is 17.5. The van der Waals surface area contributed by atoms with E-state index >= 15 is 0 Å². The van der Waals surface area contributed by atoms with Crippen LogP contribution in [0.2, 0.25) is 0 Å². The minimum Gasteiger partial charge on any atom is -0.506 e. The van der Waals surface area contributed by atoms with Crippen molar-refractivity contribution in [1.82, 2.24) is 0 Å². The molecule has 0 bridgehead atoms. The zero-order chi connectivity index (χ0) is 26.7. The molecule has 4 aromatic rings. The molecule has 0 fully saturated rings. The van der Waals surface area contributed by atoms with Gasteiger partial charge in [0, 0.05) is 11.3 Å². The molecule has 0 aliphatic carbocycles. The summed E-state index contributed by atoms with van der Waals surface area (Å²) in [6.45, 7) is 0. The summed E-state index contributed by atoms with van der Waals surface area (Å²) < 4.78 is 74.2. The maximum absolute atomic E-state index is 13.3. The lowest BCUT2D eigenvalue weighted by Crippen LogP contribution is -2.20. The van der Waals surface area contributed by atoms with Gasteiger partial charge in [-0.3, -0.25) is 9.35 Å². The molecule has 190 valence electrons. The number of phenols is 1. The Morgan fingerprint density at radius 3 is 1.95 bits per heavy atom. The maximum Gasteiger partial charge on any atom is 0.416 e.